The Hall–Kier alpha value is -4.28. The van der Waals surface area contributed by atoms with Crippen molar-refractivity contribution >= 4 is 17.4 Å². The molecule has 0 spiro atoms. The standard InChI is InChI=1S/C22H22N8O3/c1-14-23-24-18-9-10-19(25-29(14)18)28-12-16(13-28)27(2)22(32)21-17(33-3)11-20(31)30(26-21)15-7-5-4-6-8-15/h4-11,16H,12-13H2,1-3H3. The van der Waals surface area contributed by atoms with E-state index in [0.29, 0.717) is 30.2 Å². The molecule has 33 heavy (non-hydrogen) atoms. The van der Waals surface area contributed by atoms with Crippen molar-refractivity contribution in [3.63, 3.8) is 0 Å². The van der Waals surface area contributed by atoms with Crippen LogP contribution in [0.15, 0.2) is 53.3 Å². The molecule has 4 aromatic rings. The van der Waals surface area contributed by atoms with Crippen LogP contribution in [0.3, 0.4) is 0 Å². The normalized spacial score (nSPS) is 13.7. The first kappa shape index (κ1) is 20.6. The van der Waals surface area contributed by atoms with Gasteiger partial charge in [-0.3, -0.25) is 9.59 Å². The zero-order chi connectivity index (χ0) is 23.1. The monoisotopic (exact) mass is 446 g/mol. The molecule has 1 aliphatic heterocycles. The number of para-hydroxylation sites is 1. The van der Waals surface area contributed by atoms with Gasteiger partial charge in [0.1, 0.15) is 5.82 Å². The van der Waals surface area contributed by atoms with Crippen LogP contribution in [0.4, 0.5) is 5.82 Å². The van der Waals surface area contributed by atoms with Crippen LogP contribution in [0.1, 0.15) is 16.3 Å². The Bertz CT molecular complexity index is 1390. The number of amides is 1. The molecular formula is C22H22N8O3. The molecule has 11 nitrogen and oxygen atoms in total. The van der Waals surface area contributed by atoms with E-state index in [9.17, 15) is 9.59 Å². The van der Waals surface area contributed by atoms with Gasteiger partial charge in [-0.2, -0.15) is 14.3 Å². The second-order valence-corrected chi connectivity index (χ2v) is 7.83. The topological polar surface area (TPSA) is 111 Å². The van der Waals surface area contributed by atoms with Crippen molar-refractivity contribution in [2.45, 2.75) is 13.0 Å². The summed E-state index contributed by atoms with van der Waals surface area (Å²) in [6.07, 6.45) is 0. The molecule has 3 aromatic heterocycles. The largest absolute Gasteiger partial charge is 0.494 e. The van der Waals surface area contributed by atoms with Gasteiger partial charge >= 0.3 is 0 Å². The summed E-state index contributed by atoms with van der Waals surface area (Å²) < 4.78 is 8.20. The maximum atomic E-state index is 13.3. The van der Waals surface area contributed by atoms with E-state index in [1.807, 2.05) is 25.1 Å². The van der Waals surface area contributed by atoms with Crippen molar-refractivity contribution in [2.24, 2.45) is 0 Å². The fourth-order valence-electron chi connectivity index (χ4n) is 3.77. The lowest BCUT2D eigenvalue weighted by Gasteiger charge is -2.44. The summed E-state index contributed by atoms with van der Waals surface area (Å²) in [6.45, 7) is 3.07. The first-order chi connectivity index (χ1) is 16.0. The molecule has 0 atom stereocenters. The molecule has 0 unspecified atom stereocenters. The number of likely N-dealkylation sites (N-methyl/N-ethyl adjacent to an activating group) is 1. The number of anilines is 1. The molecule has 1 saturated heterocycles. The lowest BCUT2D eigenvalue weighted by Crippen LogP contribution is -2.60. The number of methoxy groups -OCH3 is 1. The van der Waals surface area contributed by atoms with E-state index in [2.05, 4.69) is 25.3 Å². The molecule has 0 bridgehead atoms. The van der Waals surface area contributed by atoms with Gasteiger partial charge in [0.25, 0.3) is 11.5 Å². The minimum absolute atomic E-state index is 0.0411. The molecule has 0 radical (unpaired) electrons. The number of rotatable bonds is 5. The summed E-state index contributed by atoms with van der Waals surface area (Å²) in [4.78, 5) is 29.5. The summed E-state index contributed by atoms with van der Waals surface area (Å²) in [5, 5.41) is 17.0. The lowest BCUT2D eigenvalue weighted by molar-refractivity contribution is 0.0693. The Morgan fingerprint density at radius 1 is 1.09 bits per heavy atom. The minimum atomic E-state index is -0.377. The molecule has 0 saturated carbocycles. The molecule has 1 aliphatic rings. The van der Waals surface area contributed by atoms with Gasteiger partial charge in [-0.05, 0) is 31.2 Å². The third-order valence-electron chi connectivity index (χ3n) is 5.78. The van der Waals surface area contributed by atoms with E-state index in [4.69, 9.17) is 4.74 Å². The van der Waals surface area contributed by atoms with E-state index < -0.39 is 0 Å². The molecule has 11 heteroatoms. The maximum absolute atomic E-state index is 13.3. The van der Waals surface area contributed by atoms with Gasteiger partial charge in [0.2, 0.25) is 0 Å². The van der Waals surface area contributed by atoms with E-state index >= 15 is 0 Å². The van der Waals surface area contributed by atoms with Crippen LogP contribution in [0, 0.1) is 6.92 Å². The zero-order valence-electron chi connectivity index (χ0n) is 18.4. The van der Waals surface area contributed by atoms with Crippen LogP contribution in [0.5, 0.6) is 5.75 Å². The lowest BCUT2D eigenvalue weighted by atomic mass is 10.1. The molecule has 1 fully saturated rings. The van der Waals surface area contributed by atoms with Crippen molar-refractivity contribution < 1.29 is 9.53 Å². The SMILES string of the molecule is COc1cc(=O)n(-c2ccccc2)nc1C(=O)N(C)C1CN(c2ccc3nnc(C)n3n2)C1. The van der Waals surface area contributed by atoms with Crippen molar-refractivity contribution in [3.05, 3.63) is 70.4 Å². The number of aryl methyl sites for hydroxylation is 1. The number of aromatic nitrogens is 6. The quantitative estimate of drug-likeness (QED) is 0.446. The van der Waals surface area contributed by atoms with Crippen LogP contribution in [-0.2, 0) is 0 Å². The number of carbonyl (C=O) groups excluding carboxylic acids is 1. The minimum Gasteiger partial charge on any atom is -0.494 e. The Labute approximate surface area is 188 Å². The van der Waals surface area contributed by atoms with Crippen LogP contribution in [0.25, 0.3) is 11.3 Å². The van der Waals surface area contributed by atoms with Crippen molar-refractivity contribution in [2.75, 3.05) is 32.1 Å². The van der Waals surface area contributed by atoms with Crippen LogP contribution in [-0.4, -0.2) is 73.7 Å². The smallest absolute Gasteiger partial charge is 0.278 e. The Balaban J connectivity index is 1.36. The average Bonchev–Trinajstić information content (AvgIpc) is 3.18. The van der Waals surface area contributed by atoms with Gasteiger partial charge in [-0.25, -0.2) is 0 Å². The van der Waals surface area contributed by atoms with Crippen molar-refractivity contribution in [1.82, 2.24) is 34.5 Å². The number of ether oxygens (including phenoxy) is 1. The van der Waals surface area contributed by atoms with Crippen molar-refractivity contribution in [1.29, 1.82) is 0 Å². The zero-order valence-corrected chi connectivity index (χ0v) is 18.4. The van der Waals surface area contributed by atoms with Gasteiger partial charge in [0.05, 0.1) is 24.9 Å². The van der Waals surface area contributed by atoms with Crippen LogP contribution < -0.4 is 15.2 Å². The van der Waals surface area contributed by atoms with Crippen LogP contribution >= 0.6 is 0 Å². The molecule has 0 aliphatic carbocycles. The molecule has 1 aromatic carbocycles. The first-order valence-corrected chi connectivity index (χ1v) is 10.4. The summed E-state index contributed by atoms with van der Waals surface area (Å²) >= 11 is 0. The Morgan fingerprint density at radius 3 is 2.58 bits per heavy atom. The summed E-state index contributed by atoms with van der Waals surface area (Å²) in [5.41, 5.74) is 0.967. The van der Waals surface area contributed by atoms with E-state index in [-0.39, 0.29) is 29.0 Å². The highest BCUT2D eigenvalue weighted by atomic mass is 16.5. The van der Waals surface area contributed by atoms with Gasteiger partial charge in [-0.1, -0.05) is 18.2 Å². The third-order valence-corrected chi connectivity index (χ3v) is 5.78. The third kappa shape index (κ3) is 3.56. The summed E-state index contributed by atoms with van der Waals surface area (Å²) in [7, 11) is 3.14. The first-order valence-electron chi connectivity index (χ1n) is 10.4. The molecule has 168 valence electrons. The molecule has 1 amide bonds. The second-order valence-electron chi connectivity index (χ2n) is 7.83. The number of nitrogens with zero attached hydrogens (tertiary/aromatic N) is 8. The van der Waals surface area contributed by atoms with Gasteiger partial charge in [0, 0.05) is 20.1 Å². The number of hydrogen-bond donors (Lipinski definition) is 0. The van der Waals surface area contributed by atoms with E-state index in [0.717, 1.165) is 5.82 Å². The number of fused-ring (bicyclic) bond motifs is 1. The molecular weight excluding hydrogens is 424 g/mol. The summed E-state index contributed by atoms with van der Waals surface area (Å²) in [5.74, 6) is 1.33. The summed E-state index contributed by atoms with van der Waals surface area (Å²) in [6, 6.07) is 14.0. The predicted molar refractivity (Wildman–Crippen MR) is 120 cm³/mol. The maximum Gasteiger partial charge on any atom is 0.278 e. The highest BCUT2D eigenvalue weighted by Gasteiger charge is 2.35. The van der Waals surface area contributed by atoms with Gasteiger partial charge < -0.3 is 14.5 Å². The number of hydrogen-bond acceptors (Lipinski definition) is 8. The highest BCUT2D eigenvalue weighted by Crippen LogP contribution is 2.24. The highest BCUT2D eigenvalue weighted by molar-refractivity contribution is 5.95. The van der Waals surface area contributed by atoms with Gasteiger partial charge in [0.15, 0.2) is 22.9 Å². The fourth-order valence-corrected chi connectivity index (χ4v) is 3.77. The number of carbonyl (C=O) groups is 1. The molecule has 4 heterocycles. The second kappa shape index (κ2) is 8.01. The van der Waals surface area contributed by atoms with E-state index in [1.165, 1.54) is 17.9 Å². The Morgan fingerprint density at radius 2 is 1.85 bits per heavy atom. The Kier molecular flexibility index (Phi) is 5.00. The van der Waals surface area contributed by atoms with Crippen molar-refractivity contribution in [3.8, 4) is 11.4 Å². The fraction of sp³-hybridized carbons (Fsp3) is 0.273. The predicted octanol–water partition coefficient (Wildman–Crippen LogP) is 0.948. The molecule has 5 rings (SSSR count). The van der Waals surface area contributed by atoms with Crippen LogP contribution in [0.2, 0.25) is 0 Å². The average molecular weight is 446 g/mol. The number of benzene rings is 1. The van der Waals surface area contributed by atoms with E-state index in [1.54, 1.807) is 40.7 Å². The van der Waals surface area contributed by atoms with Gasteiger partial charge in [-0.15, -0.1) is 15.3 Å². The molecule has 0 N–H and O–H groups in total.